The van der Waals surface area contributed by atoms with Gasteiger partial charge in [-0.3, -0.25) is 0 Å². The number of aromatic nitrogens is 3. The summed E-state index contributed by atoms with van der Waals surface area (Å²) in [6.07, 6.45) is 6.97. The first-order chi connectivity index (χ1) is 9.53. The van der Waals surface area contributed by atoms with Crippen molar-refractivity contribution in [3.63, 3.8) is 0 Å². The molecule has 2 aromatic heterocycles. The molecular formula is C16H22ClN3. The van der Waals surface area contributed by atoms with Crippen LogP contribution in [0.3, 0.4) is 0 Å². The van der Waals surface area contributed by atoms with Gasteiger partial charge in [0.25, 0.3) is 0 Å². The van der Waals surface area contributed by atoms with Gasteiger partial charge in [0, 0.05) is 12.2 Å². The molecule has 1 fully saturated rings. The van der Waals surface area contributed by atoms with Crippen molar-refractivity contribution in [3.8, 4) is 0 Å². The number of rotatable bonds is 2. The molecule has 4 heteroatoms. The smallest absolute Gasteiger partial charge is 0.160 e. The first-order valence-corrected chi connectivity index (χ1v) is 7.96. The van der Waals surface area contributed by atoms with Gasteiger partial charge in [-0.15, -0.1) is 11.6 Å². The van der Waals surface area contributed by atoms with Crippen molar-refractivity contribution >= 4 is 22.8 Å². The van der Waals surface area contributed by atoms with E-state index in [1.54, 1.807) is 0 Å². The van der Waals surface area contributed by atoms with Gasteiger partial charge in [0.2, 0.25) is 0 Å². The summed E-state index contributed by atoms with van der Waals surface area (Å²) < 4.78 is 2.31. The molecule has 0 spiro atoms. The molecule has 0 bridgehead atoms. The lowest BCUT2D eigenvalue weighted by Crippen LogP contribution is -2.31. The quantitative estimate of drug-likeness (QED) is 0.756. The van der Waals surface area contributed by atoms with Crippen LogP contribution in [0.25, 0.3) is 11.2 Å². The number of imidazole rings is 1. The lowest BCUT2D eigenvalue weighted by atomic mass is 9.73. The Morgan fingerprint density at radius 3 is 2.90 bits per heavy atom. The Balaban J connectivity index is 2.18. The summed E-state index contributed by atoms with van der Waals surface area (Å²) in [4.78, 5) is 9.33. The van der Waals surface area contributed by atoms with Crippen molar-refractivity contribution in [3.05, 3.63) is 23.7 Å². The van der Waals surface area contributed by atoms with Gasteiger partial charge in [-0.05, 0) is 36.8 Å². The third-order valence-electron chi connectivity index (χ3n) is 4.62. The highest BCUT2D eigenvalue weighted by molar-refractivity contribution is 6.16. The summed E-state index contributed by atoms with van der Waals surface area (Å²) in [5.41, 5.74) is 3.39. The summed E-state index contributed by atoms with van der Waals surface area (Å²) in [7, 11) is 0. The van der Waals surface area contributed by atoms with Gasteiger partial charge in [0.15, 0.2) is 5.65 Å². The van der Waals surface area contributed by atoms with Crippen LogP contribution >= 0.6 is 11.6 Å². The molecule has 2 aromatic rings. The number of hydrogen-bond acceptors (Lipinski definition) is 2. The fourth-order valence-corrected chi connectivity index (χ4v) is 3.69. The Bertz CT molecular complexity index is 630. The molecule has 1 aliphatic rings. The maximum absolute atomic E-state index is 6.14. The zero-order valence-corrected chi connectivity index (χ0v) is 13.2. The van der Waals surface area contributed by atoms with Gasteiger partial charge in [0.05, 0.1) is 5.88 Å². The van der Waals surface area contributed by atoms with Gasteiger partial charge < -0.3 is 4.57 Å². The standard InChI is InChI=1S/C16H22ClN3/c1-11-8-12-15(18-10-11)20(14(9-17)19-12)13-6-4-5-7-16(13,2)3/h8,10,13H,4-7,9H2,1-3H3. The van der Waals surface area contributed by atoms with Gasteiger partial charge in [-0.2, -0.15) is 0 Å². The molecule has 1 aliphatic carbocycles. The minimum Gasteiger partial charge on any atom is -0.308 e. The van der Waals surface area contributed by atoms with Crippen LogP contribution < -0.4 is 0 Å². The molecule has 0 amide bonds. The first kappa shape index (κ1) is 13.9. The summed E-state index contributed by atoms with van der Waals surface area (Å²) in [5, 5.41) is 0. The van der Waals surface area contributed by atoms with E-state index in [0.29, 0.717) is 11.9 Å². The Kier molecular flexibility index (Phi) is 3.49. The molecule has 0 N–H and O–H groups in total. The summed E-state index contributed by atoms with van der Waals surface area (Å²) >= 11 is 6.14. The molecule has 1 saturated carbocycles. The molecule has 0 radical (unpaired) electrons. The molecule has 1 atom stereocenters. The third-order valence-corrected chi connectivity index (χ3v) is 4.86. The van der Waals surface area contributed by atoms with Crippen LogP contribution in [0.1, 0.15) is 57.0 Å². The van der Waals surface area contributed by atoms with E-state index in [9.17, 15) is 0 Å². The highest BCUT2D eigenvalue weighted by atomic mass is 35.5. The van der Waals surface area contributed by atoms with E-state index in [1.165, 1.54) is 25.7 Å². The van der Waals surface area contributed by atoms with E-state index >= 15 is 0 Å². The van der Waals surface area contributed by atoms with Crippen molar-refractivity contribution < 1.29 is 0 Å². The molecule has 0 aromatic carbocycles. The molecule has 108 valence electrons. The summed E-state index contributed by atoms with van der Waals surface area (Å²) in [6, 6.07) is 2.55. The van der Waals surface area contributed by atoms with Crippen LogP contribution in [-0.2, 0) is 5.88 Å². The Morgan fingerprint density at radius 1 is 1.40 bits per heavy atom. The van der Waals surface area contributed by atoms with E-state index in [0.717, 1.165) is 22.6 Å². The number of nitrogens with zero attached hydrogens (tertiary/aromatic N) is 3. The molecule has 2 heterocycles. The minimum atomic E-state index is 0.277. The minimum absolute atomic E-state index is 0.277. The van der Waals surface area contributed by atoms with Gasteiger partial charge in [-0.25, -0.2) is 9.97 Å². The van der Waals surface area contributed by atoms with Crippen molar-refractivity contribution in [1.82, 2.24) is 14.5 Å². The third kappa shape index (κ3) is 2.22. The summed E-state index contributed by atoms with van der Waals surface area (Å²) in [6.45, 7) is 6.76. The van der Waals surface area contributed by atoms with E-state index in [1.807, 2.05) is 6.20 Å². The van der Waals surface area contributed by atoms with Crippen molar-refractivity contribution in [2.75, 3.05) is 0 Å². The number of pyridine rings is 1. The number of alkyl halides is 1. The first-order valence-electron chi connectivity index (χ1n) is 7.42. The fourth-order valence-electron chi connectivity index (χ4n) is 3.51. The molecule has 0 saturated heterocycles. The lowest BCUT2D eigenvalue weighted by Gasteiger charge is -2.40. The van der Waals surface area contributed by atoms with Crippen LogP contribution in [-0.4, -0.2) is 14.5 Å². The Morgan fingerprint density at radius 2 is 2.20 bits per heavy atom. The molecule has 20 heavy (non-hydrogen) atoms. The molecule has 1 unspecified atom stereocenters. The number of aryl methyl sites for hydroxylation is 1. The van der Waals surface area contributed by atoms with E-state index < -0.39 is 0 Å². The Labute approximate surface area is 125 Å². The zero-order valence-electron chi connectivity index (χ0n) is 12.5. The second kappa shape index (κ2) is 5.03. The fraction of sp³-hybridized carbons (Fsp3) is 0.625. The molecule has 3 nitrogen and oxygen atoms in total. The molecular weight excluding hydrogens is 270 g/mol. The maximum Gasteiger partial charge on any atom is 0.160 e. The molecule has 0 aliphatic heterocycles. The Hall–Kier alpha value is -1.09. The highest BCUT2D eigenvalue weighted by Gasteiger charge is 2.35. The van der Waals surface area contributed by atoms with Crippen LogP contribution in [0.4, 0.5) is 0 Å². The monoisotopic (exact) mass is 291 g/mol. The van der Waals surface area contributed by atoms with Crippen LogP contribution in [0.5, 0.6) is 0 Å². The number of halogens is 1. The zero-order chi connectivity index (χ0) is 14.3. The maximum atomic E-state index is 6.14. The second-order valence-corrected chi connectivity index (χ2v) is 6.90. The lowest BCUT2D eigenvalue weighted by molar-refractivity contribution is 0.145. The van der Waals surface area contributed by atoms with Crippen molar-refractivity contribution in [1.29, 1.82) is 0 Å². The number of fused-ring (bicyclic) bond motifs is 1. The van der Waals surface area contributed by atoms with Crippen LogP contribution in [0.2, 0.25) is 0 Å². The van der Waals surface area contributed by atoms with Gasteiger partial charge in [0.1, 0.15) is 11.3 Å². The van der Waals surface area contributed by atoms with Crippen LogP contribution in [0, 0.1) is 12.3 Å². The van der Waals surface area contributed by atoms with Crippen molar-refractivity contribution in [2.24, 2.45) is 5.41 Å². The number of hydrogen-bond donors (Lipinski definition) is 0. The van der Waals surface area contributed by atoms with Gasteiger partial charge >= 0.3 is 0 Å². The average molecular weight is 292 g/mol. The highest BCUT2D eigenvalue weighted by Crippen LogP contribution is 2.45. The predicted molar refractivity (Wildman–Crippen MR) is 83.1 cm³/mol. The largest absolute Gasteiger partial charge is 0.308 e. The van der Waals surface area contributed by atoms with Gasteiger partial charge in [-0.1, -0.05) is 26.7 Å². The summed E-state index contributed by atoms with van der Waals surface area (Å²) in [5.74, 6) is 1.40. The van der Waals surface area contributed by atoms with E-state index in [2.05, 4.69) is 36.4 Å². The average Bonchev–Trinajstić information content (AvgIpc) is 2.75. The topological polar surface area (TPSA) is 30.7 Å². The molecule has 3 rings (SSSR count). The van der Waals surface area contributed by atoms with E-state index in [-0.39, 0.29) is 5.41 Å². The van der Waals surface area contributed by atoms with Crippen LogP contribution in [0.15, 0.2) is 12.3 Å². The second-order valence-electron chi connectivity index (χ2n) is 6.64. The van der Waals surface area contributed by atoms with Crippen molar-refractivity contribution in [2.45, 2.75) is 58.4 Å². The van der Waals surface area contributed by atoms with E-state index in [4.69, 9.17) is 16.6 Å². The normalized spacial score (nSPS) is 22.3. The predicted octanol–water partition coefficient (Wildman–Crippen LogP) is 4.62. The SMILES string of the molecule is Cc1cnc2c(c1)nc(CCl)n2C1CCCCC1(C)C.